The summed E-state index contributed by atoms with van der Waals surface area (Å²) >= 11 is 0. The van der Waals surface area contributed by atoms with E-state index < -0.39 is 0 Å². The molecule has 2 aromatic heterocycles. The maximum atomic E-state index is 4.56. The van der Waals surface area contributed by atoms with Crippen LogP contribution in [0.15, 0.2) is 18.6 Å². The summed E-state index contributed by atoms with van der Waals surface area (Å²) in [5, 5.41) is 3.64. The van der Waals surface area contributed by atoms with E-state index in [-0.39, 0.29) is 0 Å². The van der Waals surface area contributed by atoms with Gasteiger partial charge in [0.2, 0.25) is 5.95 Å². The summed E-state index contributed by atoms with van der Waals surface area (Å²) in [5.41, 5.74) is 3.28. The van der Waals surface area contributed by atoms with Crippen molar-refractivity contribution in [2.24, 2.45) is 0 Å². The molecule has 0 atom stereocenters. The molecule has 6 heteroatoms. The number of aromatic amines is 1. The van der Waals surface area contributed by atoms with Gasteiger partial charge in [0.05, 0.1) is 6.33 Å². The fourth-order valence-electron chi connectivity index (χ4n) is 2.96. The van der Waals surface area contributed by atoms with Gasteiger partial charge in [0.1, 0.15) is 0 Å². The number of nitrogens with zero attached hydrogens (tertiary/aromatic N) is 4. The zero-order chi connectivity index (χ0) is 15.4. The van der Waals surface area contributed by atoms with Crippen molar-refractivity contribution in [3.05, 3.63) is 35.7 Å². The van der Waals surface area contributed by atoms with Crippen LogP contribution >= 0.6 is 0 Å². The van der Waals surface area contributed by atoms with Gasteiger partial charge in [-0.2, -0.15) is 0 Å². The zero-order valence-corrected chi connectivity index (χ0v) is 13.3. The molecule has 1 aliphatic rings. The lowest BCUT2D eigenvalue weighted by Gasteiger charge is -2.32. The minimum absolute atomic E-state index is 0.588. The number of hydrogen-bond acceptors (Lipinski definition) is 5. The summed E-state index contributed by atoms with van der Waals surface area (Å²) < 4.78 is 0. The Kier molecular flexibility index (Phi) is 4.68. The van der Waals surface area contributed by atoms with Crippen LogP contribution in [0.2, 0.25) is 0 Å². The first-order chi connectivity index (χ1) is 10.7. The molecule has 3 rings (SSSR count). The Morgan fingerprint density at radius 2 is 1.95 bits per heavy atom. The molecule has 0 amide bonds. The highest BCUT2D eigenvalue weighted by Crippen LogP contribution is 2.17. The van der Waals surface area contributed by atoms with E-state index in [9.17, 15) is 0 Å². The lowest BCUT2D eigenvalue weighted by molar-refractivity contribution is 0.414. The quantitative estimate of drug-likeness (QED) is 0.878. The molecule has 6 nitrogen and oxygen atoms in total. The predicted octanol–water partition coefficient (Wildman–Crippen LogP) is 1.62. The van der Waals surface area contributed by atoms with Crippen LogP contribution in [0.3, 0.4) is 0 Å². The van der Waals surface area contributed by atoms with Crippen molar-refractivity contribution in [3.8, 4) is 0 Å². The number of rotatable bonds is 5. The molecule has 0 aliphatic carbocycles. The number of anilines is 1. The zero-order valence-electron chi connectivity index (χ0n) is 13.3. The molecule has 0 aromatic carbocycles. The number of aromatic nitrogens is 4. The Balaban J connectivity index is 1.45. The van der Waals surface area contributed by atoms with Crippen LogP contribution in [-0.4, -0.2) is 45.6 Å². The standard InChI is InChI=1S/C16H24N6/c1-12-9-13(2)21-16(20-12)22-7-4-14(5-8-22)18-6-3-15-10-17-11-19-15/h9-11,14,18H,3-8H2,1-2H3,(H,17,19). The second-order valence-corrected chi connectivity index (χ2v) is 5.99. The number of piperidine rings is 1. The van der Waals surface area contributed by atoms with Gasteiger partial charge >= 0.3 is 0 Å². The number of imidazole rings is 1. The number of H-pyrrole nitrogens is 1. The summed E-state index contributed by atoms with van der Waals surface area (Å²) in [4.78, 5) is 18.6. The van der Waals surface area contributed by atoms with Gasteiger partial charge in [-0.3, -0.25) is 0 Å². The van der Waals surface area contributed by atoms with Gasteiger partial charge in [0, 0.05) is 55.4 Å². The molecule has 1 fully saturated rings. The van der Waals surface area contributed by atoms with Gasteiger partial charge in [0.15, 0.2) is 0 Å². The van der Waals surface area contributed by atoms with Gasteiger partial charge < -0.3 is 15.2 Å². The first-order valence-electron chi connectivity index (χ1n) is 7.98. The topological polar surface area (TPSA) is 69.7 Å². The molecule has 0 bridgehead atoms. The molecule has 0 spiro atoms. The number of hydrogen-bond donors (Lipinski definition) is 2. The molecule has 22 heavy (non-hydrogen) atoms. The second kappa shape index (κ2) is 6.87. The fraction of sp³-hybridized carbons (Fsp3) is 0.562. The van der Waals surface area contributed by atoms with Gasteiger partial charge in [-0.1, -0.05) is 0 Å². The van der Waals surface area contributed by atoms with E-state index in [1.807, 2.05) is 26.1 Å². The Morgan fingerprint density at radius 1 is 1.23 bits per heavy atom. The van der Waals surface area contributed by atoms with E-state index in [0.29, 0.717) is 6.04 Å². The third-order valence-corrected chi connectivity index (χ3v) is 4.13. The summed E-state index contributed by atoms with van der Waals surface area (Å²) in [5.74, 6) is 0.883. The first-order valence-corrected chi connectivity index (χ1v) is 7.98. The first kappa shape index (κ1) is 15.0. The molecule has 118 valence electrons. The summed E-state index contributed by atoms with van der Waals surface area (Å²) in [6, 6.07) is 2.61. The third-order valence-electron chi connectivity index (χ3n) is 4.13. The minimum atomic E-state index is 0.588. The van der Waals surface area contributed by atoms with Crippen LogP contribution in [0.4, 0.5) is 5.95 Å². The maximum absolute atomic E-state index is 4.56. The van der Waals surface area contributed by atoms with Gasteiger partial charge in [-0.05, 0) is 32.8 Å². The summed E-state index contributed by atoms with van der Waals surface area (Å²) in [6.45, 7) is 7.09. The Hall–Kier alpha value is -1.95. The van der Waals surface area contributed by atoms with Crippen molar-refractivity contribution in [1.82, 2.24) is 25.3 Å². The van der Waals surface area contributed by atoms with E-state index in [0.717, 1.165) is 56.2 Å². The van der Waals surface area contributed by atoms with Crippen LogP contribution in [0.25, 0.3) is 0 Å². The van der Waals surface area contributed by atoms with E-state index in [4.69, 9.17) is 0 Å². The second-order valence-electron chi connectivity index (χ2n) is 5.99. The monoisotopic (exact) mass is 300 g/mol. The van der Waals surface area contributed by atoms with Crippen molar-refractivity contribution in [2.45, 2.75) is 39.2 Å². The van der Waals surface area contributed by atoms with Crippen molar-refractivity contribution in [1.29, 1.82) is 0 Å². The molecular formula is C16H24N6. The maximum Gasteiger partial charge on any atom is 0.225 e. The molecule has 2 aromatic rings. The highest BCUT2D eigenvalue weighted by Gasteiger charge is 2.20. The van der Waals surface area contributed by atoms with Crippen LogP contribution in [0.1, 0.15) is 29.9 Å². The largest absolute Gasteiger partial charge is 0.348 e. The van der Waals surface area contributed by atoms with E-state index in [2.05, 4.69) is 30.2 Å². The Bertz CT molecular complexity index is 566. The molecule has 0 unspecified atom stereocenters. The van der Waals surface area contributed by atoms with Crippen LogP contribution < -0.4 is 10.2 Å². The van der Waals surface area contributed by atoms with Crippen molar-refractivity contribution >= 4 is 5.95 Å². The van der Waals surface area contributed by atoms with Gasteiger partial charge in [-0.15, -0.1) is 0 Å². The van der Waals surface area contributed by atoms with Crippen LogP contribution in [0, 0.1) is 13.8 Å². The predicted molar refractivity (Wildman–Crippen MR) is 87.0 cm³/mol. The smallest absolute Gasteiger partial charge is 0.225 e. The van der Waals surface area contributed by atoms with E-state index in [1.54, 1.807) is 6.33 Å². The molecule has 3 heterocycles. The van der Waals surface area contributed by atoms with Crippen LogP contribution in [0.5, 0.6) is 0 Å². The van der Waals surface area contributed by atoms with Crippen molar-refractivity contribution in [2.75, 3.05) is 24.5 Å². The van der Waals surface area contributed by atoms with Crippen LogP contribution in [-0.2, 0) is 6.42 Å². The average molecular weight is 300 g/mol. The lowest BCUT2D eigenvalue weighted by atomic mass is 10.1. The van der Waals surface area contributed by atoms with Gasteiger partial charge in [0.25, 0.3) is 0 Å². The SMILES string of the molecule is Cc1cc(C)nc(N2CCC(NCCc3cnc[nH]3)CC2)n1. The Labute approximate surface area is 131 Å². The number of aryl methyl sites for hydroxylation is 2. The highest BCUT2D eigenvalue weighted by atomic mass is 15.3. The molecule has 0 radical (unpaired) electrons. The highest BCUT2D eigenvalue weighted by molar-refractivity contribution is 5.32. The molecule has 1 saturated heterocycles. The molecule has 1 aliphatic heterocycles. The fourth-order valence-corrected chi connectivity index (χ4v) is 2.96. The molecular weight excluding hydrogens is 276 g/mol. The summed E-state index contributed by atoms with van der Waals surface area (Å²) in [6.07, 6.45) is 6.90. The lowest BCUT2D eigenvalue weighted by Crippen LogP contribution is -2.43. The number of nitrogens with one attached hydrogen (secondary N) is 2. The van der Waals surface area contributed by atoms with Crippen molar-refractivity contribution < 1.29 is 0 Å². The van der Waals surface area contributed by atoms with Crippen molar-refractivity contribution in [3.63, 3.8) is 0 Å². The normalized spacial score (nSPS) is 16.2. The molecule has 2 N–H and O–H groups in total. The minimum Gasteiger partial charge on any atom is -0.348 e. The summed E-state index contributed by atoms with van der Waals surface area (Å²) in [7, 11) is 0. The van der Waals surface area contributed by atoms with E-state index in [1.165, 1.54) is 5.69 Å². The third kappa shape index (κ3) is 3.82. The Morgan fingerprint density at radius 3 is 2.59 bits per heavy atom. The van der Waals surface area contributed by atoms with E-state index >= 15 is 0 Å². The molecule has 0 saturated carbocycles. The average Bonchev–Trinajstić information content (AvgIpc) is 3.00. The van der Waals surface area contributed by atoms with Gasteiger partial charge in [-0.25, -0.2) is 15.0 Å².